The molecule has 3 aromatic rings. The van der Waals surface area contributed by atoms with Gasteiger partial charge in [-0.3, -0.25) is 4.98 Å². The average molecular weight is 299 g/mol. The molecule has 2 aromatic carbocycles. The number of fused-ring (bicyclic) bond motifs is 1. The molecule has 0 saturated heterocycles. The van der Waals surface area contributed by atoms with Crippen molar-refractivity contribution in [3.05, 3.63) is 65.4 Å². The van der Waals surface area contributed by atoms with Gasteiger partial charge in [0.15, 0.2) is 0 Å². The average Bonchev–Trinajstić information content (AvgIpc) is 2.46. The fourth-order valence-corrected chi connectivity index (χ4v) is 2.45. The summed E-state index contributed by atoms with van der Waals surface area (Å²) in [4.78, 5) is 15.4. The summed E-state index contributed by atoms with van der Waals surface area (Å²) in [6.07, 6.45) is 0. The van der Waals surface area contributed by atoms with Gasteiger partial charge in [-0.25, -0.2) is 13.6 Å². The molecule has 0 fully saturated rings. The van der Waals surface area contributed by atoms with Gasteiger partial charge in [-0.15, -0.1) is 0 Å². The predicted octanol–water partition coefficient (Wildman–Crippen LogP) is 4.19. The number of rotatable bonds is 2. The van der Waals surface area contributed by atoms with E-state index in [1.165, 1.54) is 36.4 Å². The first-order chi connectivity index (χ1) is 10.5. The topological polar surface area (TPSA) is 50.2 Å². The zero-order valence-corrected chi connectivity index (χ0v) is 11.6. The van der Waals surface area contributed by atoms with Crippen molar-refractivity contribution in [1.82, 2.24) is 4.98 Å². The van der Waals surface area contributed by atoms with Crippen LogP contribution in [0.4, 0.5) is 8.78 Å². The standard InChI is InChI=1S/C17H11F2NO2/c1-9-7-12(16-13(18)3-2-4-14(16)19)11-8-10(17(21)22)5-6-15(11)20-9/h2-8H,1H3,(H,21,22). The summed E-state index contributed by atoms with van der Waals surface area (Å²) >= 11 is 0. The molecule has 0 aliphatic rings. The Hall–Kier alpha value is -2.82. The molecule has 0 unspecified atom stereocenters. The third-order valence-corrected chi connectivity index (χ3v) is 3.42. The van der Waals surface area contributed by atoms with Gasteiger partial charge in [0.05, 0.1) is 16.6 Å². The number of aromatic nitrogens is 1. The van der Waals surface area contributed by atoms with Gasteiger partial charge in [-0.05, 0) is 48.9 Å². The lowest BCUT2D eigenvalue weighted by Crippen LogP contribution is -1.98. The molecular formula is C17H11F2NO2. The largest absolute Gasteiger partial charge is 0.478 e. The number of aromatic carboxylic acids is 1. The summed E-state index contributed by atoms with van der Waals surface area (Å²) < 4.78 is 28.2. The molecule has 22 heavy (non-hydrogen) atoms. The molecule has 1 heterocycles. The first-order valence-corrected chi connectivity index (χ1v) is 6.56. The van der Waals surface area contributed by atoms with Crippen molar-refractivity contribution < 1.29 is 18.7 Å². The van der Waals surface area contributed by atoms with E-state index in [9.17, 15) is 13.6 Å². The maximum Gasteiger partial charge on any atom is 0.335 e. The Bertz CT molecular complexity index is 886. The van der Waals surface area contributed by atoms with Gasteiger partial charge in [0.2, 0.25) is 0 Å². The Morgan fingerprint density at radius 2 is 1.77 bits per heavy atom. The third-order valence-electron chi connectivity index (χ3n) is 3.42. The van der Waals surface area contributed by atoms with Crippen LogP contribution >= 0.6 is 0 Å². The fourth-order valence-electron chi connectivity index (χ4n) is 2.45. The lowest BCUT2D eigenvalue weighted by atomic mass is 9.98. The van der Waals surface area contributed by atoms with Crippen molar-refractivity contribution in [2.24, 2.45) is 0 Å². The normalized spacial score (nSPS) is 10.9. The van der Waals surface area contributed by atoms with E-state index in [1.54, 1.807) is 13.0 Å². The molecular weight excluding hydrogens is 288 g/mol. The molecule has 1 aromatic heterocycles. The van der Waals surface area contributed by atoms with E-state index in [4.69, 9.17) is 5.11 Å². The van der Waals surface area contributed by atoms with Crippen LogP contribution in [0.3, 0.4) is 0 Å². The summed E-state index contributed by atoms with van der Waals surface area (Å²) in [7, 11) is 0. The lowest BCUT2D eigenvalue weighted by Gasteiger charge is -2.11. The minimum absolute atomic E-state index is 0.0381. The minimum atomic E-state index is -1.11. The number of carboxylic acids is 1. The highest BCUT2D eigenvalue weighted by molar-refractivity contribution is 6.00. The van der Waals surface area contributed by atoms with Crippen molar-refractivity contribution in [2.45, 2.75) is 6.92 Å². The molecule has 0 spiro atoms. The van der Waals surface area contributed by atoms with Crippen LogP contribution in [0.2, 0.25) is 0 Å². The zero-order valence-electron chi connectivity index (χ0n) is 11.6. The third kappa shape index (κ3) is 2.30. The van der Waals surface area contributed by atoms with Gasteiger partial charge >= 0.3 is 5.97 Å². The smallest absolute Gasteiger partial charge is 0.335 e. The quantitative estimate of drug-likeness (QED) is 0.772. The van der Waals surface area contributed by atoms with Crippen molar-refractivity contribution in [2.75, 3.05) is 0 Å². The zero-order chi connectivity index (χ0) is 15.9. The molecule has 5 heteroatoms. The van der Waals surface area contributed by atoms with E-state index in [-0.39, 0.29) is 11.1 Å². The maximum absolute atomic E-state index is 14.1. The van der Waals surface area contributed by atoms with Crippen LogP contribution in [0.25, 0.3) is 22.0 Å². The van der Waals surface area contributed by atoms with Gasteiger partial charge in [0.1, 0.15) is 11.6 Å². The van der Waals surface area contributed by atoms with Crippen molar-refractivity contribution in [1.29, 1.82) is 0 Å². The number of hydrogen-bond acceptors (Lipinski definition) is 2. The van der Waals surface area contributed by atoms with Crippen LogP contribution in [-0.2, 0) is 0 Å². The monoisotopic (exact) mass is 299 g/mol. The Morgan fingerprint density at radius 3 is 2.41 bits per heavy atom. The molecule has 0 saturated carbocycles. The number of carbonyl (C=O) groups is 1. The Morgan fingerprint density at radius 1 is 1.09 bits per heavy atom. The van der Waals surface area contributed by atoms with Gasteiger partial charge in [0, 0.05) is 11.1 Å². The number of carboxylic acid groups (broad SMARTS) is 1. The molecule has 1 N–H and O–H groups in total. The molecule has 0 bridgehead atoms. The summed E-state index contributed by atoms with van der Waals surface area (Å²) in [5.41, 5.74) is 1.23. The van der Waals surface area contributed by atoms with Gasteiger partial charge < -0.3 is 5.11 Å². The highest BCUT2D eigenvalue weighted by Gasteiger charge is 2.16. The number of halogens is 2. The van der Waals surface area contributed by atoms with Crippen LogP contribution in [-0.4, -0.2) is 16.1 Å². The fraction of sp³-hybridized carbons (Fsp3) is 0.0588. The van der Waals surface area contributed by atoms with E-state index in [0.29, 0.717) is 22.2 Å². The number of benzene rings is 2. The first-order valence-electron chi connectivity index (χ1n) is 6.56. The molecule has 0 aliphatic carbocycles. The van der Waals surface area contributed by atoms with E-state index in [0.717, 1.165) is 0 Å². The van der Waals surface area contributed by atoms with Gasteiger partial charge in [-0.2, -0.15) is 0 Å². The van der Waals surface area contributed by atoms with E-state index >= 15 is 0 Å². The molecule has 3 rings (SSSR count). The molecule has 110 valence electrons. The molecule has 0 aliphatic heterocycles. The summed E-state index contributed by atoms with van der Waals surface area (Å²) in [5, 5.41) is 9.50. The van der Waals surface area contributed by atoms with Crippen LogP contribution in [0.1, 0.15) is 16.1 Å². The van der Waals surface area contributed by atoms with E-state index in [2.05, 4.69) is 4.98 Å². The first kappa shape index (κ1) is 14.1. The summed E-state index contributed by atoms with van der Waals surface area (Å²) in [5.74, 6) is -2.51. The molecule has 0 amide bonds. The van der Waals surface area contributed by atoms with Crippen molar-refractivity contribution >= 4 is 16.9 Å². The number of hydrogen-bond donors (Lipinski definition) is 1. The second kappa shape index (κ2) is 5.18. The van der Waals surface area contributed by atoms with Crippen LogP contribution in [0.15, 0.2) is 42.5 Å². The number of pyridine rings is 1. The van der Waals surface area contributed by atoms with Crippen LogP contribution < -0.4 is 0 Å². The molecule has 3 nitrogen and oxygen atoms in total. The van der Waals surface area contributed by atoms with Crippen molar-refractivity contribution in [3.63, 3.8) is 0 Å². The highest BCUT2D eigenvalue weighted by Crippen LogP contribution is 2.33. The van der Waals surface area contributed by atoms with E-state index < -0.39 is 17.6 Å². The summed E-state index contributed by atoms with van der Waals surface area (Å²) in [6, 6.07) is 9.50. The maximum atomic E-state index is 14.1. The van der Waals surface area contributed by atoms with Gasteiger partial charge in [0.25, 0.3) is 0 Å². The second-order valence-corrected chi connectivity index (χ2v) is 4.94. The Kier molecular flexibility index (Phi) is 3.33. The SMILES string of the molecule is Cc1cc(-c2c(F)cccc2F)c2cc(C(=O)O)ccc2n1. The van der Waals surface area contributed by atoms with Gasteiger partial charge in [-0.1, -0.05) is 6.07 Å². The van der Waals surface area contributed by atoms with E-state index in [1.807, 2.05) is 0 Å². The number of aryl methyl sites for hydroxylation is 1. The summed E-state index contributed by atoms with van der Waals surface area (Å²) in [6.45, 7) is 1.72. The highest BCUT2D eigenvalue weighted by atomic mass is 19.1. The Labute approximate surface area is 124 Å². The Balaban J connectivity index is 2.42. The number of nitrogens with zero attached hydrogens (tertiary/aromatic N) is 1. The van der Waals surface area contributed by atoms with Crippen molar-refractivity contribution in [3.8, 4) is 11.1 Å². The minimum Gasteiger partial charge on any atom is -0.478 e. The molecule has 0 atom stereocenters. The predicted molar refractivity (Wildman–Crippen MR) is 78.8 cm³/mol. The van der Waals surface area contributed by atoms with Crippen LogP contribution in [0.5, 0.6) is 0 Å². The molecule has 0 radical (unpaired) electrons. The second-order valence-electron chi connectivity index (χ2n) is 4.94. The lowest BCUT2D eigenvalue weighted by molar-refractivity contribution is 0.0697. The van der Waals surface area contributed by atoms with Crippen LogP contribution in [0, 0.1) is 18.6 Å².